The zero-order valence-electron chi connectivity index (χ0n) is 9.53. The van der Waals surface area contributed by atoms with Crippen molar-refractivity contribution < 1.29 is 18.0 Å². The Kier molecular flexibility index (Phi) is 2.61. The maximum atomic E-state index is 13.1. The second-order valence-corrected chi connectivity index (χ2v) is 3.83. The highest BCUT2D eigenvalue weighted by Crippen LogP contribution is 2.17. The van der Waals surface area contributed by atoms with E-state index >= 15 is 0 Å². The van der Waals surface area contributed by atoms with Crippen LogP contribution in [0.3, 0.4) is 0 Å². The van der Waals surface area contributed by atoms with Crippen molar-refractivity contribution in [2.45, 2.75) is 13.8 Å². The zero-order chi connectivity index (χ0) is 13.6. The molecule has 18 heavy (non-hydrogen) atoms. The summed E-state index contributed by atoms with van der Waals surface area (Å²) in [6.45, 7) is 2.38. The Bertz CT molecular complexity index is 737. The van der Waals surface area contributed by atoms with E-state index in [1.54, 1.807) is 0 Å². The normalized spacial score (nSPS) is 10.9. The Labute approximate surface area is 99.5 Å². The molecule has 0 N–H and O–H groups in total. The van der Waals surface area contributed by atoms with Gasteiger partial charge in [0, 0.05) is 17.9 Å². The summed E-state index contributed by atoms with van der Waals surface area (Å²) >= 11 is 0. The average Bonchev–Trinajstić information content (AvgIpc) is 2.29. The van der Waals surface area contributed by atoms with Crippen molar-refractivity contribution >= 4 is 16.8 Å². The number of aromatic nitrogens is 2. The lowest BCUT2D eigenvalue weighted by molar-refractivity contribution is -0.468. The minimum atomic E-state index is -1.26. The van der Waals surface area contributed by atoms with Crippen LogP contribution in [0.5, 0.6) is 0 Å². The highest BCUT2D eigenvalue weighted by atomic mass is 19.2. The largest absolute Gasteiger partial charge is 0.805 e. The Morgan fingerprint density at radius 3 is 2.44 bits per heavy atom. The van der Waals surface area contributed by atoms with Gasteiger partial charge in [-0.3, -0.25) is 4.79 Å². The second-order valence-electron chi connectivity index (χ2n) is 3.83. The number of rotatable bonds is 1. The number of Topliss-reactive ketones (excluding diaryl/α,β-unsaturated/α-hetero) is 1. The minimum absolute atomic E-state index is 0.143. The summed E-state index contributed by atoms with van der Waals surface area (Å²) in [6.07, 6.45) is 0. The first kappa shape index (κ1) is 12.2. The number of fused-ring (bicyclic) bond motifs is 1. The molecule has 0 saturated carbocycles. The second kappa shape index (κ2) is 3.86. The van der Waals surface area contributed by atoms with E-state index in [4.69, 9.17) is 0 Å². The highest BCUT2D eigenvalue weighted by molar-refractivity contribution is 5.92. The van der Waals surface area contributed by atoms with Gasteiger partial charge in [-0.25, -0.2) is 8.78 Å². The van der Waals surface area contributed by atoms with E-state index < -0.39 is 17.4 Å². The minimum Gasteiger partial charge on any atom is -0.805 e. The number of carbonyl (C=O) groups is 1. The molecular weight excluding hydrogens is 246 g/mol. The lowest BCUT2D eigenvalue weighted by Crippen LogP contribution is -2.29. The van der Waals surface area contributed by atoms with Gasteiger partial charge < -0.3 is 9.94 Å². The Hall–Kier alpha value is -2.31. The molecule has 2 rings (SSSR count). The van der Waals surface area contributed by atoms with Crippen molar-refractivity contribution in [3.8, 4) is 0 Å². The molecular formula is C11H8F2N2O3. The fourth-order valence-corrected chi connectivity index (χ4v) is 1.79. The maximum absolute atomic E-state index is 13.1. The fourth-order valence-electron chi connectivity index (χ4n) is 1.79. The molecule has 0 aliphatic heterocycles. The summed E-state index contributed by atoms with van der Waals surface area (Å²) in [5, 5.41) is 11.8. The topological polar surface area (TPSA) is 68.0 Å². The fraction of sp³-hybridized carbons (Fsp3) is 0.182. The third kappa shape index (κ3) is 1.55. The summed E-state index contributed by atoms with van der Waals surface area (Å²) in [4.78, 5) is 23.2. The number of hydrogen-bond donors (Lipinski definition) is 0. The quantitative estimate of drug-likeness (QED) is 0.574. The summed E-state index contributed by atoms with van der Waals surface area (Å²) in [5.74, 6) is -3.12. The molecule has 1 heterocycles. The van der Waals surface area contributed by atoms with Crippen LogP contribution in [0.1, 0.15) is 23.1 Å². The van der Waals surface area contributed by atoms with Crippen molar-refractivity contribution in [2.24, 2.45) is 0 Å². The Morgan fingerprint density at radius 1 is 1.33 bits per heavy atom. The first-order valence-electron chi connectivity index (χ1n) is 5.00. The van der Waals surface area contributed by atoms with Gasteiger partial charge in [-0.1, -0.05) is 0 Å². The molecule has 5 nitrogen and oxygen atoms in total. The van der Waals surface area contributed by atoms with E-state index in [0.717, 1.165) is 6.92 Å². The molecule has 0 unspecified atom stereocenters. The lowest BCUT2D eigenvalue weighted by atomic mass is 10.2. The van der Waals surface area contributed by atoms with E-state index in [1.165, 1.54) is 6.92 Å². The third-order valence-corrected chi connectivity index (χ3v) is 2.64. The monoisotopic (exact) mass is 254 g/mol. The molecule has 0 radical (unpaired) electrons. The van der Waals surface area contributed by atoms with Crippen molar-refractivity contribution in [3.63, 3.8) is 0 Å². The van der Waals surface area contributed by atoms with Crippen molar-refractivity contribution in [1.82, 2.24) is 4.73 Å². The van der Waals surface area contributed by atoms with E-state index in [9.17, 15) is 23.7 Å². The Balaban J connectivity index is 3.08. The SMILES string of the molecule is CC(=O)c1c(C)n([O-])c2cc(F)c(F)cc2[n+]1=O. The van der Waals surface area contributed by atoms with E-state index in [2.05, 4.69) is 0 Å². The molecule has 2 aromatic rings. The van der Waals surface area contributed by atoms with Crippen LogP contribution in [-0.4, -0.2) is 10.5 Å². The van der Waals surface area contributed by atoms with Crippen LogP contribution in [0.25, 0.3) is 11.0 Å². The first-order chi connectivity index (χ1) is 8.34. The zero-order valence-corrected chi connectivity index (χ0v) is 9.53. The van der Waals surface area contributed by atoms with Gasteiger partial charge in [0.25, 0.3) is 5.52 Å². The molecule has 1 aromatic heterocycles. The standard InChI is InChI=1S/C11H8F2N2O3/c1-5-11(6(2)16)15(18)10-4-8(13)7(12)3-9(10)14(5)17/h3-4H,1-2H3. The van der Waals surface area contributed by atoms with E-state index in [0.29, 0.717) is 12.1 Å². The first-order valence-corrected chi connectivity index (χ1v) is 5.00. The lowest BCUT2D eigenvalue weighted by Gasteiger charge is -2.15. The summed E-state index contributed by atoms with van der Waals surface area (Å²) in [6, 6.07) is 1.22. The van der Waals surface area contributed by atoms with Gasteiger partial charge in [-0.2, -0.15) is 0 Å². The molecule has 1 aromatic carbocycles. The molecule has 0 amide bonds. The number of benzene rings is 1. The van der Waals surface area contributed by atoms with Crippen LogP contribution in [0, 0.1) is 28.7 Å². The van der Waals surface area contributed by atoms with Gasteiger partial charge in [0.15, 0.2) is 11.6 Å². The van der Waals surface area contributed by atoms with Gasteiger partial charge in [0.05, 0.1) is 16.2 Å². The van der Waals surface area contributed by atoms with Gasteiger partial charge >= 0.3 is 5.69 Å². The molecule has 0 saturated heterocycles. The van der Waals surface area contributed by atoms with Gasteiger partial charge in [0.2, 0.25) is 5.78 Å². The predicted molar refractivity (Wildman–Crippen MR) is 58.7 cm³/mol. The van der Waals surface area contributed by atoms with Crippen LogP contribution < -0.4 is 4.43 Å². The number of hydrogen-bond acceptors (Lipinski definition) is 3. The number of ketones is 1. The van der Waals surface area contributed by atoms with Crippen LogP contribution >= 0.6 is 0 Å². The van der Waals surface area contributed by atoms with Gasteiger partial charge in [0.1, 0.15) is 5.52 Å². The summed E-state index contributed by atoms with van der Waals surface area (Å²) in [5.41, 5.74) is -1.26. The third-order valence-electron chi connectivity index (χ3n) is 2.64. The van der Waals surface area contributed by atoms with Crippen LogP contribution in [0.15, 0.2) is 12.1 Å². The molecule has 0 aliphatic carbocycles. The molecule has 7 heteroatoms. The highest BCUT2D eigenvalue weighted by Gasteiger charge is 2.25. The van der Waals surface area contributed by atoms with Gasteiger partial charge in [-0.05, 0) is 6.92 Å². The van der Waals surface area contributed by atoms with Crippen LogP contribution in [0.4, 0.5) is 8.78 Å². The van der Waals surface area contributed by atoms with Crippen molar-refractivity contribution in [1.29, 1.82) is 0 Å². The molecule has 0 bridgehead atoms. The molecule has 94 valence electrons. The molecule has 0 fully saturated rings. The number of carbonyl (C=O) groups excluding carboxylic acids is 1. The number of nitrogens with zero attached hydrogens (tertiary/aromatic N) is 2. The van der Waals surface area contributed by atoms with Crippen molar-refractivity contribution in [2.75, 3.05) is 0 Å². The van der Waals surface area contributed by atoms with Crippen molar-refractivity contribution in [3.05, 3.63) is 45.3 Å². The Morgan fingerprint density at radius 2 is 1.89 bits per heavy atom. The summed E-state index contributed by atoms with van der Waals surface area (Å²) < 4.78 is 26.5. The number of halogens is 2. The van der Waals surface area contributed by atoms with E-state index in [1.807, 2.05) is 0 Å². The molecule has 0 spiro atoms. The molecule has 0 aliphatic rings. The molecule has 0 atom stereocenters. The predicted octanol–water partition coefficient (Wildman–Crippen LogP) is 1.69. The smallest absolute Gasteiger partial charge is 0.324 e. The summed E-state index contributed by atoms with van der Waals surface area (Å²) in [7, 11) is 0. The van der Waals surface area contributed by atoms with E-state index in [-0.39, 0.29) is 31.6 Å². The van der Waals surface area contributed by atoms with Crippen LogP contribution in [-0.2, 0) is 0 Å². The van der Waals surface area contributed by atoms with Crippen LogP contribution in [0.2, 0.25) is 0 Å². The average molecular weight is 254 g/mol. The maximum Gasteiger partial charge on any atom is 0.324 e. The van der Waals surface area contributed by atoms with Gasteiger partial charge in [-0.15, -0.1) is 0 Å².